The third-order valence-electron chi connectivity index (χ3n) is 5.47. The summed E-state index contributed by atoms with van der Waals surface area (Å²) in [7, 11) is 2.00. The Bertz CT molecular complexity index is 1390. The van der Waals surface area contributed by atoms with Gasteiger partial charge in [0.25, 0.3) is 9.05 Å². The van der Waals surface area contributed by atoms with Crippen molar-refractivity contribution in [1.29, 1.82) is 0 Å². The lowest BCUT2D eigenvalue weighted by Gasteiger charge is -2.20. The first kappa shape index (κ1) is 20.9. The fourth-order valence-electron chi connectivity index (χ4n) is 3.92. The number of hydrogen-bond acceptors (Lipinski definition) is 3. The zero-order valence-electron chi connectivity index (χ0n) is 17.4. The molecule has 4 aromatic rings. The summed E-state index contributed by atoms with van der Waals surface area (Å²) >= 11 is 0. The fraction of sp³-hybridized carbons (Fsp3) is 0.167. The summed E-state index contributed by atoms with van der Waals surface area (Å²) in [6.45, 7) is 6.92. The first-order valence-corrected chi connectivity index (χ1v) is 15.5. The van der Waals surface area contributed by atoms with E-state index in [9.17, 15) is 8.42 Å². The Morgan fingerprint density at radius 3 is 2.13 bits per heavy atom. The van der Waals surface area contributed by atoms with E-state index in [1.165, 1.54) is 5.19 Å². The van der Waals surface area contributed by atoms with Gasteiger partial charge in [0.05, 0.1) is 20.1 Å². The topological polar surface area (TPSA) is 43.4 Å². The molecule has 0 unspecified atom stereocenters. The zero-order chi connectivity index (χ0) is 21.7. The van der Waals surface area contributed by atoms with Gasteiger partial charge in [0.1, 0.15) is 5.75 Å². The lowest BCUT2D eigenvalue weighted by Crippen LogP contribution is -2.37. The van der Waals surface area contributed by atoms with Crippen LogP contribution in [0.4, 0.5) is 0 Å². The summed E-state index contributed by atoms with van der Waals surface area (Å²) in [5.41, 5.74) is 1.32. The van der Waals surface area contributed by atoms with Crippen molar-refractivity contribution < 1.29 is 13.2 Å². The van der Waals surface area contributed by atoms with Crippen LogP contribution in [0.5, 0.6) is 5.75 Å². The third kappa shape index (κ3) is 3.62. The summed E-state index contributed by atoms with van der Waals surface area (Å²) in [5, 5.41) is 5.09. The minimum atomic E-state index is -3.97. The lowest BCUT2D eigenvalue weighted by atomic mass is 9.93. The number of ether oxygens (including phenoxy) is 1. The molecule has 4 rings (SSSR count). The van der Waals surface area contributed by atoms with Crippen molar-refractivity contribution in [3.05, 3.63) is 66.7 Å². The molecule has 0 spiro atoms. The van der Waals surface area contributed by atoms with Crippen molar-refractivity contribution in [3.63, 3.8) is 0 Å². The van der Waals surface area contributed by atoms with Crippen LogP contribution in [-0.4, -0.2) is 23.6 Å². The van der Waals surface area contributed by atoms with Crippen molar-refractivity contribution in [2.45, 2.75) is 24.5 Å². The second kappa shape index (κ2) is 7.41. The molecular weight excluding hydrogens is 432 g/mol. The van der Waals surface area contributed by atoms with Crippen LogP contribution in [0.3, 0.4) is 0 Å². The molecular formula is C24H23ClO3SSi. The highest BCUT2D eigenvalue weighted by molar-refractivity contribution is 8.13. The maximum absolute atomic E-state index is 12.5. The van der Waals surface area contributed by atoms with Crippen molar-refractivity contribution in [2.75, 3.05) is 7.11 Å². The van der Waals surface area contributed by atoms with Crippen LogP contribution < -0.4 is 9.92 Å². The molecule has 0 bridgehead atoms. The van der Waals surface area contributed by atoms with Crippen LogP contribution in [0, 0.1) is 0 Å². The predicted molar refractivity (Wildman–Crippen MR) is 129 cm³/mol. The van der Waals surface area contributed by atoms with Gasteiger partial charge in [-0.05, 0) is 33.7 Å². The average Bonchev–Trinajstić information content (AvgIpc) is 2.70. The lowest BCUT2D eigenvalue weighted by molar-refractivity contribution is 0.417. The quantitative estimate of drug-likeness (QED) is 0.274. The summed E-state index contributed by atoms with van der Waals surface area (Å²) in [5.74, 6) is 0.612. The highest BCUT2D eigenvalue weighted by Crippen LogP contribution is 2.44. The monoisotopic (exact) mass is 454 g/mol. The smallest absolute Gasteiger partial charge is 0.261 e. The zero-order valence-corrected chi connectivity index (χ0v) is 19.9. The van der Waals surface area contributed by atoms with Crippen molar-refractivity contribution in [1.82, 2.24) is 0 Å². The average molecular weight is 455 g/mol. The van der Waals surface area contributed by atoms with Crippen LogP contribution in [-0.2, 0) is 9.05 Å². The highest BCUT2D eigenvalue weighted by atomic mass is 35.7. The van der Waals surface area contributed by atoms with E-state index in [-0.39, 0.29) is 4.90 Å². The maximum Gasteiger partial charge on any atom is 0.261 e. The Morgan fingerprint density at radius 2 is 1.47 bits per heavy atom. The SMILES string of the molecule is COc1ccc2cc([Si](C)(C)C)ccc2c1-c1c(S(=O)(=O)Cl)ccc2ccccc12. The molecule has 0 aliphatic rings. The molecule has 3 nitrogen and oxygen atoms in total. The van der Waals surface area contributed by atoms with Crippen molar-refractivity contribution >= 4 is 54.5 Å². The molecule has 0 saturated carbocycles. The van der Waals surface area contributed by atoms with Gasteiger partial charge in [0.15, 0.2) is 0 Å². The first-order chi connectivity index (χ1) is 14.1. The van der Waals surface area contributed by atoms with Gasteiger partial charge in [-0.2, -0.15) is 0 Å². The van der Waals surface area contributed by atoms with Crippen LogP contribution in [0.2, 0.25) is 19.6 Å². The van der Waals surface area contributed by atoms with E-state index >= 15 is 0 Å². The number of halogens is 1. The van der Waals surface area contributed by atoms with Gasteiger partial charge in [-0.25, -0.2) is 8.42 Å². The molecule has 0 radical (unpaired) electrons. The van der Waals surface area contributed by atoms with E-state index in [4.69, 9.17) is 15.4 Å². The second-order valence-corrected chi connectivity index (χ2v) is 16.0. The largest absolute Gasteiger partial charge is 0.496 e. The van der Waals surface area contributed by atoms with E-state index in [1.807, 2.05) is 36.4 Å². The van der Waals surface area contributed by atoms with Crippen molar-refractivity contribution in [2.24, 2.45) is 0 Å². The Balaban J connectivity index is 2.20. The van der Waals surface area contributed by atoms with Gasteiger partial charge < -0.3 is 4.74 Å². The number of methoxy groups -OCH3 is 1. The molecule has 0 fully saturated rings. The normalized spacial score (nSPS) is 12.4. The maximum atomic E-state index is 12.5. The molecule has 0 aromatic heterocycles. The molecule has 0 amide bonds. The molecule has 0 aliphatic heterocycles. The van der Waals surface area contributed by atoms with Gasteiger partial charge in [-0.3, -0.25) is 0 Å². The Hall–Kier alpha value is -2.34. The van der Waals surface area contributed by atoms with Crippen LogP contribution in [0.25, 0.3) is 32.7 Å². The Kier molecular flexibility index (Phi) is 5.17. The van der Waals surface area contributed by atoms with Crippen LogP contribution in [0.1, 0.15) is 0 Å². The molecule has 154 valence electrons. The van der Waals surface area contributed by atoms with E-state index < -0.39 is 17.1 Å². The number of fused-ring (bicyclic) bond motifs is 2. The van der Waals surface area contributed by atoms with Crippen LogP contribution in [0.15, 0.2) is 71.6 Å². The Morgan fingerprint density at radius 1 is 0.800 bits per heavy atom. The molecule has 0 aliphatic carbocycles. The number of benzene rings is 4. The molecule has 4 aromatic carbocycles. The van der Waals surface area contributed by atoms with Gasteiger partial charge in [0.2, 0.25) is 0 Å². The standard InChI is InChI=1S/C24H23ClO3SSi/c1-28-21-13-9-17-15-18(30(2,3)4)11-12-20(17)23(21)24-19-8-6-5-7-16(19)10-14-22(24)29(25,26)27/h5-15H,1-4H3. The predicted octanol–water partition coefficient (Wildman–Crippen LogP) is 6.14. The van der Waals surface area contributed by atoms with Gasteiger partial charge in [-0.1, -0.05) is 79.4 Å². The summed E-state index contributed by atoms with van der Waals surface area (Å²) in [6.07, 6.45) is 0. The molecule has 6 heteroatoms. The van der Waals surface area contributed by atoms with Gasteiger partial charge in [-0.15, -0.1) is 0 Å². The summed E-state index contributed by atoms with van der Waals surface area (Å²) < 4.78 is 30.7. The first-order valence-electron chi connectivity index (χ1n) is 9.69. The Labute approximate surface area is 182 Å². The minimum absolute atomic E-state index is 0.0861. The molecule has 0 atom stereocenters. The van der Waals surface area contributed by atoms with Gasteiger partial charge >= 0.3 is 0 Å². The molecule has 0 saturated heterocycles. The van der Waals surface area contributed by atoms with E-state index in [2.05, 4.69) is 37.8 Å². The number of hydrogen-bond donors (Lipinski definition) is 0. The van der Waals surface area contributed by atoms with Gasteiger partial charge in [0, 0.05) is 21.8 Å². The highest BCUT2D eigenvalue weighted by Gasteiger charge is 2.24. The minimum Gasteiger partial charge on any atom is -0.496 e. The second-order valence-electron chi connectivity index (χ2n) is 8.43. The summed E-state index contributed by atoms with van der Waals surface area (Å²) in [6, 6.07) is 21.5. The number of rotatable bonds is 4. The van der Waals surface area contributed by atoms with E-state index in [0.29, 0.717) is 11.3 Å². The van der Waals surface area contributed by atoms with E-state index in [0.717, 1.165) is 27.1 Å². The third-order valence-corrected chi connectivity index (χ3v) is 8.88. The fourth-order valence-corrected chi connectivity index (χ4v) is 6.16. The summed E-state index contributed by atoms with van der Waals surface area (Å²) in [4.78, 5) is 0.0861. The van der Waals surface area contributed by atoms with Crippen LogP contribution >= 0.6 is 10.7 Å². The van der Waals surface area contributed by atoms with Crippen molar-refractivity contribution in [3.8, 4) is 16.9 Å². The molecule has 0 heterocycles. The molecule has 0 N–H and O–H groups in total. The molecule has 30 heavy (non-hydrogen) atoms. The van der Waals surface area contributed by atoms with E-state index in [1.54, 1.807) is 19.2 Å².